The summed E-state index contributed by atoms with van der Waals surface area (Å²) in [5.74, 6) is 1.01. The second kappa shape index (κ2) is 11.5. The molecule has 0 aliphatic carbocycles. The number of ether oxygens (including phenoxy) is 1. The van der Waals surface area contributed by atoms with Gasteiger partial charge in [0.15, 0.2) is 5.13 Å². The van der Waals surface area contributed by atoms with Gasteiger partial charge in [0.25, 0.3) is 0 Å². The van der Waals surface area contributed by atoms with Crippen molar-refractivity contribution >= 4 is 33.6 Å². The Morgan fingerprint density at radius 1 is 1.12 bits per heavy atom. The van der Waals surface area contributed by atoms with Crippen LogP contribution in [-0.4, -0.2) is 101 Å². The fourth-order valence-electron chi connectivity index (χ4n) is 6.24. The quantitative estimate of drug-likeness (QED) is 0.288. The minimum Gasteiger partial charge on any atom is -0.396 e. The first-order valence-electron chi connectivity index (χ1n) is 14.8. The first kappa shape index (κ1) is 28.2. The molecule has 2 unspecified atom stereocenters. The molecule has 3 aromatic heterocycles. The lowest BCUT2D eigenvalue weighted by Crippen LogP contribution is -2.51. The van der Waals surface area contributed by atoms with Crippen molar-refractivity contribution in [1.82, 2.24) is 24.2 Å². The number of pyridine rings is 1. The highest BCUT2D eigenvalue weighted by Gasteiger charge is 2.48. The molecular weight excluding hydrogens is 567 g/mol. The number of likely N-dealkylation sites (tertiary alicyclic amines) is 1. The first-order valence-corrected chi connectivity index (χ1v) is 15.7. The number of benzene rings is 1. The summed E-state index contributed by atoms with van der Waals surface area (Å²) in [6.07, 6.45) is 3.40. The molecule has 6 heterocycles. The van der Waals surface area contributed by atoms with Gasteiger partial charge in [0.2, 0.25) is 0 Å². The van der Waals surface area contributed by atoms with Gasteiger partial charge in [-0.3, -0.25) is 14.2 Å². The normalized spacial score (nSPS) is 21.2. The Kier molecular flexibility index (Phi) is 7.53. The molecule has 0 saturated carbocycles. The van der Waals surface area contributed by atoms with Crippen molar-refractivity contribution in [3.63, 3.8) is 0 Å². The molecule has 1 aromatic carbocycles. The number of aliphatic hydroxyl groups is 1. The van der Waals surface area contributed by atoms with E-state index < -0.39 is 0 Å². The highest BCUT2D eigenvalue weighted by Crippen LogP contribution is 2.37. The number of fused-ring (bicyclic) bond motifs is 1. The van der Waals surface area contributed by atoms with Crippen molar-refractivity contribution in [1.29, 1.82) is 5.26 Å². The molecule has 3 fully saturated rings. The average Bonchev–Trinajstić information content (AvgIpc) is 3.44. The zero-order chi connectivity index (χ0) is 29.7. The molecule has 12 heteroatoms. The number of hydrogen-bond acceptors (Lipinski definition) is 10. The van der Waals surface area contributed by atoms with E-state index in [0.717, 1.165) is 75.1 Å². The maximum Gasteiger partial charge on any atom is 0.192 e. The fraction of sp³-hybridized carbons (Fsp3) is 0.452. The summed E-state index contributed by atoms with van der Waals surface area (Å²) in [6, 6.07) is 12.6. The standard InChI is InChI=1S/C31H35FN8O2S/c1-3-24-29(36(2)31-35-28(26(14-33)43-31)21-4-6-22(32)7-5-21)40-17-23(8-9-27(40)34-24)38-12-10-37(11-13-38)18-25-30(42-25)39-15-20(16-39)19-41/h4-9,17,20,25,30,41H,3,10-13,15-16,18-19H2,1-2H3. The van der Waals surface area contributed by atoms with Gasteiger partial charge < -0.3 is 19.6 Å². The molecule has 3 saturated heterocycles. The van der Waals surface area contributed by atoms with Crippen molar-refractivity contribution in [3.8, 4) is 17.3 Å². The first-order chi connectivity index (χ1) is 20.9. The van der Waals surface area contributed by atoms with Crippen LogP contribution in [0.3, 0.4) is 0 Å². The van der Waals surface area contributed by atoms with E-state index >= 15 is 0 Å². The molecule has 43 heavy (non-hydrogen) atoms. The number of halogens is 1. The lowest BCUT2D eigenvalue weighted by Gasteiger charge is -2.38. The van der Waals surface area contributed by atoms with Crippen molar-refractivity contribution in [2.75, 3.05) is 69.3 Å². The summed E-state index contributed by atoms with van der Waals surface area (Å²) in [4.78, 5) is 19.5. The van der Waals surface area contributed by atoms with Crippen LogP contribution >= 0.6 is 11.3 Å². The Balaban J connectivity index is 1.07. The second-order valence-corrected chi connectivity index (χ2v) is 12.5. The molecule has 4 aromatic rings. The Hall–Kier alpha value is -3.60. The predicted molar refractivity (Wildman–Crippen MR) is 164 cm³/mol. The summed E-state index contributed by atoms with van der Waals surface area (Å²) < 4.78 is 21.6. The molecule has 7 rings (SSSR count). The Morgan fingerprint density at radius 3 is 2.58 bits per heavy atom. The monoisotopic (exact) mass is 602 g/mol. The van der Waals surface area contributed by atoms with Gasteiger partial charge in [-0.2, -0.15) is 5.26 Å². The third-order valence-corrected chi connectivity index (χ3v) is 9.79. The number of nitriles is 1. The van der Waals surface area contributed by atoms with E-state index in [1.54, 1.807) is 12.1 Å². The van der Waals surface area contributed by atoms with Crippen LogP contribution < -0.4 is 9.80 Å². The highest BCUT2D eigenvalue weighted by atomic mass is 32.1. The van der Waals surface area contributed by atoms with Gasteiger partial charge in [0, 0.05) is 77.1 Å². The van der Waals surface area contributed by atoms with Gasteiger partial charge in [-0.05, 0) is 42.8 Å². The highest BCUT2D eigenvalue weighted by molar-refractivity contribution is 7.16. The Labute approximate surface area is 254 Å². The molecule has 224 valence electrons. The summed E-state index contributed by atoms with van der Waals surface area (Å²) in [5, 5.41) is 19.8. The topological polar surface area (TPSA) is 99.7 Å². The third kappa shape index (κ3) is 5.36. The van der Waals surface area contributed by atoms with Crippen molar-refractivity contribution in [2.24, 2.45) is 5.92 Å². The molecular formula is C31H35FN8O2S. The number of anilines is 3. The zero-order valence-corrected chi connectivity index (χ0v) is 25.2. The summed E-state index contributed by atoms with van der Waals surface area (Å²) in [7, 11) is 1.96. The van der Waals surface area contributed by atoms with Crippen LogP contribution in [0.15, 0.2) is 42.6 Å². The van der Waals surface area contributed by atoms with E-state index in [0.29, 0.717) is 27.2 Å². The maximum atomic E-state index is 13.5. The number of rotatable bonds is 9. The van der Waals surface area contributed by atoms with Crippen LogP contribution in [0.5, 0.6) is 0 Å². The largest absolute Gasteiger partial charge is 0.396 e. The number of thiazole rings is 1. The number of nitrogens with zero attached hydrogens (tertiary/aromatic N) is 8. The maximum absolute atomic E-state index is 13.5. The van der Waals surface area contributed by atoms with Crippen LogP contribution in [0.2, 0.25) is 0 Å². The van der Waals surface area contributed by atoms with E-state index in [4.69, 9.17) is 14.7 Å². The lowest BCUT2D eigenvalue weighted by molar-refractivity contribution is 0.0187. The van der Waals surface area contributed by atoms with Gasteiger partial charge in [0.05, 0.1) is 11.4 Å². The van der Waals surface area contributed by atoms with Gasteiger partial charge >= 0.3 is 0 Å². The number of aromatic nitrogens is 3. The van der Waals surface area contributed by atoms with Crippen LogP contribution in [0.4, 0.5) is 21.0 Å². The third-order valence-electron chi connectivity index (χ3n) is 8.76. The zero-order valence-electron chi connectivity index (χ0n) is 24.4. The van der Waals surface area contributed by atoms with Crippen LogP contribution in [0.25, 0.3) is 16.9 Å². The summed E-state index contributed by atoms with van der Waals surface area (Å²) >= 11 is 1.32. The van der Waals surface area contributed by atoms with E-state index in [1.807, 2.05) is 11.9 Å². The second-order valence-electron chi connectivity index (χ2n) is 11.6. The van der Waals surface area contributed by atoms with Gasteiger partial charge in [-0.25, -0.2) is 14.4 Å². The summed E-state index contributed by atoms with van der Waals surface area (Å²) in [6.45, 7) is 9.00. The molecule has 3 aliphatic rings. The molecule has 0 bridgehead atoms. The minimum absolute atomic E-state index is 0.224. The SMILES string of the molecule is CCc1nc2ccc(N3CCN(CC4OC4N4CC(CO)C4)CC3)cn2c1N(C)c1nc(-c2ccc(F)cc2)c(C#N)s1. The number of imidazole rings is 1. The molecule has 0 amide bonds. The molecule has 0 radical (unpaired) electrons. The number of aliphatic hydroxyl groups excluding tert-OH is 1. The van der Waals surface area contributed by atoms with Crippen molar-refractivity contribution in [3.05, 3.63) is 59.0 Å². The average molecular weight is 603 g/mol. The molecule has 1 N–H and O–H groups in total. The van der Waals surface area contributed by atoms with Gasteiger partial charge in [-0.1, -0.05) is 18.3 Å². The predicted octanol–water partition coefficient (Wildman–Crippen LogP) is 3.57. The number of hydrogen-bond donors (Lipinski definition) is 1. The van der Waals surface area contributed by atoms with E-state index in [9.17, 15) is 14.8 Å². The van der Waals surface area contributed by atoms with Crippen LogP contribution in [0.1, 0.15) is 17.5 Å². The van der Waals surface area contributed by atoms with E-state index in [2.05, 4.69) is 50.4 Å². The molecule has 10 nitrogen and oxygen atoms in total. The lowest BCUT2D eigenvalue weighted by atomic mass is 10.0. The van der Waals surface area contributed by atoms with Gasteiger partial charge in [0.1, 0.15) is 46.3 Å². The Bertz CT molecular complexity index is 1650. The molecule has 2 atom stereocenters. The fourth-order valence-corrected chi connectivity index (χ4v) is 7.08. The smallest absolute Gasteiger partial charge is 0.192 e. The Morgan fingerprint density at radius 2 is 1.88 bits per heavy atom. The molecule has 3 aliphatic heterocycles. The number of aryl methyl sites for hydroxylation is 1. The molecule has 0 spiro atoms. The van der Waals surface area contributed by atoms with Crippen LogP contribution in [-0.2, 0) is 11.2 Å². The van der Waals surface area contributed by atoms with Crippen molar-refractivity contribution in [2.45, 2.75) is 25.7 Å². The van der Waals surface area contributed by atoms with E-state index in [-0.39, 0.29) is 24.8 Å². The van der Waals surface area contributed by atoms with E-state index in [1.165, 1.54) is 23.5 Å². The van der Waals surface area contributed by atoms with Gasteiger partial charge in [-0.15, -0.1) is 0 Å². The minimum atomic E-state index is -0.323. The summed E-state index contributed by atoms with van der Waals surface area (Å²) in [5.41, 5.74) is 4.23. The number of piperazine rings is 1. The number of epoxide rings is 1. The van der Waals surface area contributed by atoms with Crippen LogP contribution in [0, 0.1) is 23.1 Å². The van der Waals surface area contributed by atoms with Crippen molar-refractivity contribution < 1.29 is 14.2 Å².